The number of benzene rings is 1. The molecule has 33 heavy (non-hydrogen) atoms. The molecule has 1 aliphatic heterocycles. The molecule has 2 aromatic rings. The molecular weight excluding hydrogens is 432 g/mol. The number of fused-ring (bicyclic) bond motifs is 1. The summed E-state index contributed by atoms with van der Waals surface area (Å²) < 4.78 is 0. The smallest absolute Gasteiger partial charge is 0.0737 e. The lowest BCUT2D eigenvalue weighted by atomic mass is 10.2. The summed E-state index contributed by atoms with van der Waals surface area (Å²) in [5.74, 6) is 0.969. The molecule has 182 valence electrons. The van der Waals surface area contributed by atoms with Crippen LogP contribution >= 0.6 is 11.6 Å². The van der Waals surface area contributed by atoms with E-state index in [4.69, 9.17) is 17.3 Å². The van der Waals surface area contributed by atoms with Crippen molar-refractivity contribution in [2.45, 2.75) is 32.1 Å². The summed E-state index contributed by atoms with van der Waals surface area (Å²) in [4.78, 5) is 12.4. The van der Waals surface area contributed by atoms with Crippen LogP contribution in [0.15, 0.2) is 30.5 Å². The number of rotatable bonds is 14. The molecule has 4 rings (SSSR count). The van der Waals surface area contributed by atoms with Gasteiger partial charge in [0.1, 0.15) is 0 Å². The number of hydrogen-bond donors (Lipinski definition) is 2. The molecule has 2 fully saturated rings. The van der Waals surface area contributed by atoms with Gasteiger partial charge in [-0.3, -0.25) is 4.98 Å². The molecule has 6 nitrogen and oxygen atoms in total. The van der Waals surface area contributed by atoms with Crippen molar-refractivity contribution in [3.8, 4) is 0 Å². The molecule has 0 amide bonds. The number of anilines is 1. The summed E-state index contributed by atoms with van der Waals surface area (Å²) in [6.07, 6.45) is 8.28. The van der Waals surface area contributed by atoms with E-state index in [1.165, 1.54) is 71.6 Å². The van der Waals surface area contributed by atoms with E-state index in [1.807, 2.05) is 18.3 Å². The van der Waals surface area contributed by atoms with Gasteiger partial charge in [0.15, 0.2) is 0 Å². The van der Waals surface area contributed by atoms with Gasteiger partial charge in [-0.1, -0.05) is 11.6 Å². The number of hydrogen-bond acceptors (Lipinski definition) is 6. The van der Waals surface area contributed by atoms with Gasteiger partial charge < -0.3 is 25.8 Å². The minimum Gasteiger partial charge on any atom is -0.384 e. The number of nitrogens with zero attached hydrogens (tertiary/aromatic N) is 4. The Labute approximate surface area is 204 Å². The molecule has 1 aromatic heterocycles. The van der Waals surface area contributed by atoms with Crippen LogP contribution < -0.4 is 11.1 Å². The van der Waals surface area contributed by atoms with Gasteiger partial charge in [-0.15, -0.1) is 0 Å². The maximum Gasteiger partial charge on any atom is 0.0737 e. The second kappa shape index (κ2) is 12.9. The van der Waals surface area contributed by atoms with E-state index in [0.717, 1.165) is 60.0 Å². The molecule has 1 saturated carbocycles. The second-order valence-corrected chi connectivity index (χ2v) is 10.2. The van der Waals surface area contributed by atoms with Crippen LogP contribution in [0.25, 0.3) is 10.9 Å². The first-order valence-corrected chi connectivity index (χ1v) is 13.2. The highest BCUT2D eigenvalue weighted by molar-refractivity contribution is 6.31. The van der Waals surface area contributed by atoms with Crippen molar-refractivity contribution in [3.63, 3.8) is 0 Å². The molecular formula is C26H41ClN6. The summed E-state index contributed by atoms with van der Waals surface area (Å²) in [7, 11) is 0. The first kappa shape index (κ1) is 24.7. The average Bonchev–Trinajstić information content (AvgIpc) is 3.65. The molecule has 2 aliphatic rings. The van der Waals surface area contributed by atoms with Gasteiger partial charge in [-0.2, -0.15) is 0 Å². The number of aromatic nitrogens is 1. The Morgan fingerprint density at radius 2 is 1.73 bits per heavy atom. The van der Waals surface area contributed by atoms with Crippen molar-refractivity contribution in [1.82, 2.24) is 19.7 Å². The molecule has 0 radical (unpaired) electrons. The molecule has 0 atom stereocenters. The third-order valence-electron chi connectivity index (χ3n) is 6.98. The molecule has 1 saturated heterocycles. The van der Waals surface area contributed by atoms with E-state index < -0.39 is 0 Å². The fourth-order valence-electron chi connectivity index (χ4n) is 4.83. The Balaban J connectivity index is 1.09. The first-order valence-electron chi connectivity index (χ1n) is 12.9. The summed E-state index contributed by atoms with van der Waals surface area (Å²) in [5, 5.41) is 5.46. The van der Waals surface area contributed by atoms with Crippen LogP contribution in [0.5, 0.6) is 0 Å². The van der Waals surface area contributed by atoms with Crippen LogP contribution in [0.1, 0.15) is 32.1 Å². The van der Waals surface area contributed by atoms with Crippen molar-refractivity contribution in [2.24, 2.45) is 11.7 Å². The van der Waals surface area contributed by atoms with E-state index in [0.29, 0.717) is 0 Å². The van der Waals surface area contributed by atoms with Crippen LogP contribution in [0.4, 0.5) is 5.69 Å². The Bertz CT molecular complexity index is 850. The quantitative estimate of drug-likeness (QED) is 0.408. The lowest BCUT2D eigenvalue weighted by Crippen LogP contribution is -2.47. The zero-order chi connectivity index (χ0) is 22.9. The summed E-state index contributed by atoms with van der Waals surface area (Å²) in [6.45, 7) is 12.7. The highest BCUT2D eigenvalue weighted by atomic mass is 35.5. The van der Waals surface area contributed by atoms with E-state index in [2.05, 4.69) is 37.1 Å². The van der Waals surface area contributed by atoms with Crippen molar-refractivity contribution in [1.29, 1.82) is 0 Å². The highest BCUT2D eigenvalue weighted by Gasteiger charge is 2.24. The normalized spacial score (nSPS) is 17.8. The third-order valence-corrected chi connectivity index (χ3v) is 7.21. The minimum absolute atomic E-state index is 0.730. The molecule has 1 aromatic carbocycles. The lowest BCUT2D eigenvalue weighted by molar-refractivity contribution is 0.126. The number of halogens is 1. The molecule has 0 bridgehead atoms. The first-order chi connectivity index (χ1) is 16.2. The SMILES string of the molecule is NCCCN(CCCN1CCN(CCCNc2ccnc3cc(Cl)ccc23)CC1)CC1CC1. The monoisotopic (exact) mass is 472 g/mol. The average molecular weight is 473 g/mol. The number of nitrogens with two attached hydrogens (primary N) is 1. The highest BCUT2D eigenvalue weighted by Crippen LogP contribution is 2.29. The second-order valence-electron chi connectivity index (χ2n) is 9.72. The van der Waals surface area contributed by atoms with Gasteiger partial charge in [0.25, 0.3) is 0 Å². The van der Waals surface area contributed by atoms with Gasteiger partial charge in [0, 0.05) is 61.6 Å². The number of pyridine rings is 1. The van der Waals surface area contributed by atoms with Gasteiger partial charge >= 0.3 is 0 Å². The van der Waals surface area contributed by atoms with E-state index in [1.54, 1.807) is 0 Å². The van der Waals surface area contributed by atoms with Crippen LogP contribution in [0.2, 0.25) is 5.02 Å². The molecule has 0 spiro atoms. The van der Waals surface area contributed by atoms with Crippen LogP contribution in [0.3, 0.4) is 0 Å². The van der Waals surface area contributed by atoms with E-state index in [9.17, 15) is 0 Å². The minimum atomic E-state index is 0.730. The van der Waals surface area contributed by atoms with Crippen LogP contribution in [0, 0.1) is 5.92 Å². The summed E-state index contributed by atoms with van der Waals surface area (Å²) in [5.41, 5.74) is 7.82. The van der Waals surface area contributed by atoms with Crippen molar-refractivity contribution < 1.29 is 0 Å². The predicted octanol–water partition coefficient (Wildman–Crippen LogP) is 3.76. The summed E-state index contributed by atoms with van der Waals surface area (Å²) >= 11 is 6.10. The Morgan fingerprint density at radius 3 is 2.45 bits per heavy atom. The number of nitrogens with one attached hydrogen (secondary N) is 1. The Kier molecular flexibility index (Phi) is 9.62. The van der Waals surface area contributed by atoms with Crippen LogP contribution in [-0.4, -0.2) is 91.7 Å². The largest absolute Gasteiger partial charge is 0.384 e. The third kappa shape index (κ3) is 8.08. The van der Waals surface area contributed by atoms with Crippen molar-refractivity contribution in [2.75, 3.05) is 77.3 Å². The zero-order valence-corrected chi connectivity index (χ0v) is 20.8. The van der Waals surface area contributed by atoms with Gasteiger partial charge in [-0.25, -0.2) is 0 Å². The Hall–Kier alpha value is -1.44. The fourth-order valence-corrected chi connectivity index (χ4v) is 5.00. The van der Waals surface area contributed by atoms with E-state index >= 15 is 0 Å². The predicted molar refractivity (Wildman–Crippen MR) is 140 cm³/mol. The van der Waals surface area contributed by atoms with Crippen molar-refractivity contribution >= 4 is 28.2 Å². The van der Waals surface area contributed by atoms with Gasteiger partial charge in [0.2, 0.25) is 0 Å². The molecule has 2 heterocycles. The topological polar surface area (TPSA) is 60.7 Å². The molecule has 7 heteroatoms. The number of piperazine rings is 1. The standard InChI is InChI=1S/C26H41ClN6/c27-23-6-7-24-25(8-11-30-26(24)20-23)29-10-2-13-31-16-18-32(19-17-31)14-3-15-33(12-1-9-28)21-22-4-5-22/h6-8,11,20,22H,1-5,9-10,12-19,21,28H2,(H,29,30). The Morgan fingerprint density at radius 1 is 1.00 bits per heavy atom. The molecule has 0 unspecified atom stereocenters. The maximum absolute atomic E-state index is 6.10. The zero-order valence-electron chi connectivity index (χ0n) is 20.0. The lowest BCUT2D eigenvalue weighted by Gasteiger charge is -2.35. The van der Waals surface area contributed by atoms with Gasteiger partial charge in [-0.05, 0) is 95.0 Å². The maximum atomic E-state index is 6.10. The molecule has 1 aliphatic carbocycles. The van der Waals surface area contributed by atoms with Crippen LogP contribution in [-0.2, 0) is 0 Å². The summed E-state index contributed by atoms with van der Waals surface area (Å²) in [6, 6.07) is 7.96. The fraction of sp³-hybridized carbons (Fsp3) is 0.654. The molecule has 3 N–H and O–H groups in total. The van der Waals surface area contributed by atoms with Gasteiger partial charge in [0.05, 0.1) is 5.52 Å². The van der Waals surface area contributed by atoms with E-state index in [-0.39, 0.29) is 0 Å². The van der Waals surface area contributed by atoms with Crippen molar-refractivity contribution in [3.05, 3.63) is 35.5 Å².